The molecule has 66 valence electrons. The maximum Gasteiger partial charge on any atom is 0.113 e. The van der Waals surface area contributed by atoms with Gasteiger partial charge in [0.15, 0.2) is 0 Å². The Morgan fingerprint density at radius 3 is 3.08 bits per heavy atom. The zero-order valence-corrected chi connectivity index (χ0v) is 7.62. The lowest BCUT2D eigenvalue weighted by molar-refractivity contribution is 0.406. The molecule has 0 saturated heterocycles. The van der Waals surface area contributed by atoms with Crippen LogP contribution in [0.1, 0.15) is 20.3 Å². The van der Waals surface area contributed by atoms with Crippen molar-refractivity contribution >= 4 is 12.2 Å². The highest BCUT2D eigenvalue weighted by atomic mass is 15.0. The van der Waals surface area contributed by atoms with Crippen LogP contribution in [0.15, 0.2) is 22.6 Å². The van der Waals surface area contributed by atoms with Gasteiger partial charge in [-0.05, 0) is 12.8 Å². The quantitative estimate of drug-likeness (QED) is 0.586. The molecule has 1 heterocycles. The minimum absolute atomic E-state index is 0.218. The van der Waals surface area contributed by atoms with Crippen molar-refractivity contribution in [3.05, 3.63) is 12.7 Å². The Balaban J connectivity index is 2.90. The van der Waals surface area contributed by atoms with Crippen molar-refractivity contribution in [3.8, 4) is 0 Å². The third-order valence-electron chi connectivity index (χ3n) is 2.49. The van der Waals surface area contributed by atoms with Gasteiger partial charge in [0.1, 0.15) is 12.2 Å². The van der Waals surface area contributed by atoms with Crippen molar-refractivity contribution < 1.29 is 0 Å². The van der Waals surface area contributed by atoms with Gasteiger partial charge in [-0.1, -0.05) is 13.0 Å². The number of aliphatic imine (C=N–C) groups is 2. The van der Waals surface area contributed by atoms with E-state index < -0.39 is 0 Å². The van der Waals surface area contributed by atoms with Crippen LogP contribution < -0.4 is 5.73 Å². The van der Waals surface area contributed by atoms with Crippen molar-refractivity contribution in [3.63, 3.8) is 0 Å². The van der Waals surface area contributed by atoms with E-state index in [-0.39, 0.29) is 5.54 Å². The Labute approximate surface area is 73.1 Å². The largest absolute Gasteiger partial charge is 0.387 e. The van der Waals surface area contributed by atoms with Gasteiger partial charge in [-0.2, -0.15) is 0 Å². The van der Waals surface area contributed by atoms with E-state index in [0.717, 1.165) is 6.42 Å². The molecule has 0 aromatic carbocycles. The average Bonchev–Trinajstić information content (AvgIpc) is 2.14. The minimum Gasteiger partial charge on any atom is -0.387 e. The molecule has 1 aliphatic rings. The van der Waals surface area contributed by atoms with Gasteiger partial charge in [0.2, 0.25) is 0 Å². The number of amidine groups is 1. The van der Waals surface area contributed by atoms with Crippen molar-refractivity contribution in [1.82, 2.24) is 0 Å². The van der Waals surface area contributed by atoms with E-state index in [0.29, 0.717) is 11.8 Å². The summed E-state index contributed by atoms with van der Waals surface area (Å²) in [5.41, 5.74) is 5.41. The molecule has 12 heavy (non-hydrogen) atoms. The van der Waals surface area contributed by atoms with Gasteiger partial charge in [0.25, 0.3) is 0 Å². The second-order valence-corrected chi connectivity index (χ2v) is 3.40. The highest BCUT2D eigenvalue weighted by Crippen LogP contribution is 2.26. The van der Waals surface area contributed by atoms with Crippen LogP contribution in [0.2, 0.25) is 0 Å². The minimum atomic E-state index is -0.218. The molecule has 0 bridgehead atoms. The molecule has 0 aromatic rings. The Kier molecular flexibility index (Phi) is 2.31. The lowest BCUT2D eigenvalue weighted by atomic mass is 9.85. The first-order valence-electron chi connectivity index (χ1n) is 4.08. The maximum atomic E-state index is 5.63. The molecule has 0 aliphatic carbocycles. The SMILES string of the molecule is C=CC1(C)N=CN=C(N)CC1C. The Morgan fingerprint density at radius 2 is 2.50 bits per heavy atom. The van der Waals surface area contributed by atoms with Crippen LogP contribution in [0, 0.1) is 5.92 Å². The third kappa shape index (κ3) is 1.55. The third-order valence-corrected chi connectivity index (χ3v) is 2.49. The summed E-state index contributed by atoms with van der Waals surface area (Å²) in [4.78, 5) is 8.27. The number of hydrogen-bond donors (Lipinski definition) is 1. The zero-order valence-electron chi connectivity index (χ0n) is 7.62. The summed E-state index contributed by atoms with van der Waals surface area (Å²) in [6.07, 6.45) is 4.16. The summed E-state index contributed by atoms with van der Waals surface area (Å²) in [6, 6.07) is 0. The summed E-state index contributed by atoms with van der Waals surface area (Å²) >= 11 is 0. The van der Waals surface area contributed by atoms with Crippen LogP contribution in [0.25, 0.3) is 0 Å². The molecule has 0 aromatic heterocycles. The van der Waals surface area contributed by atoms with Crippen LogP contribution in [0.5, 0.6) is 0 Å². The predicted molar refractivity (Wildman–Crippen MR) is 52.5 cm³/mol. The van der Waals surface area contributed by atoms with E-state index in [4.69, 9.17) is 5.73 Å². The number of hydrogen-bond acceptors (Lipinski definition) is 3. The van der Waals surface area contributed by atoms with Gasteiger partial charge in [-0.15, -0.1) is 6.58 Å². The van der Waals surface area contributed by atoms with Crippen LogP contribution in [-0.4, -0.2) is 17.7 Å². The average molecular weight is 165 g/mol. The van der Waals surface area contributed by atoms with Crippen LogP contribution in [0.3, 0.4) is 0 Å². The molecule has 2 unspecified atom stereocenters. The van der Waals surface area contributed by atoms with Crippen molar-refractivity contribution in [2.75, 3.05) is 0 Å². The molecule has 0 amide bonds. The zero-order chi connectivity index (χ0) is 9.19. The van der Waals surface area contributed by atoms with E-state index >= 15 is 0 Å². The lowest BCUT2D eigenvalue weighted by Crippen LogP contribution is -2.30. The number of rotatable bonds is 1. The molecular weight excluding hydrogens is 150 g/mol. The van der Waals surface area contributed by atoms with Crippen molar-refractivity contribution in [2.24, 2.45) is 21.6 Å². The second-order valence-electron chi connectivity index (χ2n) is 3.40. The Bertz CT molecular complexity index is 242. The molecule has 0 spiro atoms. The van der Waals surface area contributed by atoms with E-state index in [1.54, 1.807) is 0 Å². The Morgan fingerprint density at radius 1 is 1.83 bits per heavy atom. The fourth-order valence-electron chi connectivity index (χ4n) is 1.18. The second kappa shape index (κ2) is 3.09. The van der Waals surface area contributed by atoms with Crippen LogP contribution >= 0.6 is 0 Å². The molecule has 2 atom stereocenters. The van der Waals surface area contributed by atoms with Crippen LogP contribution in [0.4, 0.5) is 0 Å². The smallest absolute Gasteiger partial charge is 0.113 e. The van der Waals surface area contributed by atoms with Gasteiger partial charge in [-0.25, -0.2) is 4.99 Å². The molecule has 0 saturated carbocycles. The topological polar surface area (TPSA) is 50.7 Å². The van der Waals surface area contributed by atoms with Crippen molar-refractivity contribution in [2.45, 2.75) is 25.8 Å². The first-order valence-corrected chi connectivity index (χ1v) is 4.08. The highest BCUT2D eigenvalue weighted by molar-refractivity contribution is 5.88. The molecular formula is C9H15N3. The monoisotopic (exact) mass is 165 g/mol. The van der Waals surface area contributed by atoms with E-state index in [1.165, 1.54) is 6.34 Å². The lowest BCUT2D eigenvalue weighted by Gasteiger charge is -2.26. The van der Waals surface area contributed by atoms with E-state index in [2.05, 4.69) is 23.5 Å². The van der Waals surface area contributed by atoms with Crippen molar-refractivity contribution in [1.29, 1.82) is 0 Å². The van der Waals surface area contributed by atoms with Gasteiger partial charge in [-0.3, -0.25) is 4.99 Å². The molecule has 0 fully saturated rings. The van der Waals surface area contributed by atoms with Gasteiger partial charge in [0.05, 0.1) is 5.54 Å². The molecule has 1 rings (SSSR count). The highest BCUT2D eigenvalue weighted by Gasteiger charge is 2.28. The normalized spacial score (nSPS) is 35.5. The summed E-state index contributed by atoms with van der Waals surface area (Å²) in [7, 11) is 0. The predicted octanol–water partition coefficient (Wildman–Crippen LogP) is 1.36. The number of nitrogens with zero attached hydrogens (tertiary/aromatic N) is 2. The van der Waals surface area contributed by atoms with Gasteiger partial charge >= 0.3 is 0 Å². The van der Waals surface area contributed by atoms with Gasteiger partial charge in [0, 0.05) is 6.42 Å². The molecule has 3 heteroatoms. The number of nitrogens with two attached hydrogens (primary N) is 1. The van der Waals surface area contributed by atoms with E-state index in [1.807, 2.05) is 13.0 Å². The van der Waals surface area contributed by atoms with E-state index in [9.17, 15) is 0 Å². The molecule has 3 nitrogen and oxygen atoms in total. The first-order chi connectivity index (χ1) is 5.58. The summed E-state index contributed by atoms with van der Waals surface area (Å²) in [5.74, 6) is 1.01. The molecule has 0 radical (unpaired) electrons. The first kappa shape index (κ1) is 8.97. The fraction of sp³-hybridized carbons (Fsp3) is 0.556. The fourth-order valence-corrected chi connectivity index (χ4v) is 1.18. The summed E-state index contributed by atoms with van der Waals surface area (Å²) in [5, 5.41) is 0. The summed E-state index contributed by atoms with van der Waals surface area (Å²) < 4.78 is 0. The van der Waals surface area contributed by atoms with Crippen LogP contribution in [-0.2, 0) is 0 Å². The molecule has 2 N–H and O–H groups in total. The van der Waals surface area contributed by atoms with Gasteiger partial charge < -0.3 is 5.73 Å². The summed E-state index contributed by atoms with van der Waals surface area (Å²) in [6.45, 7) is 7.91. The Hall–Kier alpha value is -1.12. The standard InChI is InChI=1S/C9H15N3/c1-4-9(3)7(2)5-8(10)11-6-12-9/h4,6-7H,1,5H2,2-3H3,(H2,10,11,12). The maximum absolute atomic E-state index is 5.63. The molecule has 1 aliphatic heterocycles.